The Morgan fingerprint density at radius 3 is 2.43 bits per heavy atom. The van der Waals surface area contributed by atoms with Crippen molar-refractivity contribution in [3.8, 4) is 22.4 Å². The molecule has 0 amide bonds. The van der Waals surface area contributed by atoms with E-state index in [2.05, 4.69) is 50.9 Å². The zero-order valence-electron chi connectivity index (χ0n) is 24.1. The van der Waals surface area contributed by atoms with Crippen LogP contribution in [0.15, 0.2) is 78.1 Å². The third kappa shape index (κ3) is 5.23. The lowest BCUT2D eigenvalue weighted by Gasteiger charge is -2.22. The van der Waals surface area contributed by atoms with Crippen LogP contribution in [0, 0.1) is 5.92 Å². The summed E-state index contributed by atoms with van der Waals surface area (Å²) in [5.41, 5.74) is 6.50. The molecule has 8 nitrogen and oxygen atoms in total. The van der Waals surface area contributed by atoms with Crippen molar-refractivity contribution >= 4 is 22.7 Å². The third-order valence-electron chi connectivity index (χ3n) is 8.97. The van der Waals surface area contributed by atoms with Crippen LogP contribution in [0.3, 0.4) is 0 Å². The van der Waals surface area contributed by atoms with Crippen LogP contribution in [0.4, 0.5) is 11.6 Å². The number of benzene rings is 2. The molecular formula is C34H37N7O. The Balaban J connectivity index is 1.25. The molecule has 0 spiro atoms. The molecule has 0 atom stereocenters. The lowest BCUT2D eigenvalue weighted by Crippen LogP contribution is -2.28. The Labute approximate surface area is 245 Å². The fourth-order valence-electron chi connectivity index (χ4n) is 6.71. The molecule has 1 saturated heterocycles. The van der Waals surface area contributed by atoms with Gasteiger partial charge in [0.25, 0.3) is 5.56 Å². The molecule has 2 aromatic carbocycles. The van der Waals surface area contributed by atoms with E-state index < -0.39 is 0 Å². The van der Waals surface area contributed by atoms with Crippen molar-refractivity contribution in [2.75, 3.05) is 18.4 Å². The molecule has 2 fully saturated rings. The van der Waals surface area contributed by atoms with Crippen molar-refractivity contribution in [2.24, 2.45) is 13.0 Å². The van der Waals surface area contributed by atoms with Crippen LogP contribution in [0.2, 0.25) is 0 Å². The smallest absolute Gasteiger partial charge is 0.260 e. The Kier molecular flexibility index (Phi) is 7.30. The first-order valence-corrected chi connectivity index (χ1v) is 15.2. The van der Waals surface area contributed by atoms with Crippen molar-refractivity contribution in [3.63, 3.8) is 0 Å². The van der Waals surface area contributed by atoms with Gasteiger partial charge in [-0.1, -0.05) is 49.2 Å². The van der Waals surface area contributed by atoms with Crippen LogP contribution in [0.1, 0.15) is 50.1 Å². The minimum absolute atomic E-state index is 0.00376. The summed E-state index contributed by atoms with van der Waals surface area (Å²) in [5.74, 6) is 1.25. The van der Waals surface area contributed by atoms with E-state index in [9.17, 15) is 4.79 Å². The first-order valence-electron chi connectivity index (χ1n) is 15.2. The fourth-order valence-corrected chi connectivity index (χ4v) is 6.71. The summed E-state index contributed by atoms with van der Waals surface area (Å²) in [7, 11) is 1.97. The predicted octanol–water partition coefficient (Wildman–Crippen LogP) is 6.26. The second kappa shape index (κ2) is 11.5. The maximum atomic E-state index is 14.3. The zero-order chi connectivity index (χ0) is 28.5. The van der Waals surface area contributed by atoms with Gasteiger partial charge in [0.2, 0.25) is 5.95 Å². The van der Waals surface area contributed by atoms with E-state index in [1.807, 2.05) is 52.8 Å². The summed E-state index contributed by atoms with van der Waals surface area (Å²) < 4.78 is 3.92. The predicted molar refractivity (Wildman–Crippen MR) is 168 cm³/mol. The summed E-state index contributed by atoms with van der Waals surface area (Å²) in [4.78, 5) is 28.2. The molecule has 42 heavy (non-hydrogen) atoms. The number of aromatic nitrogens is 5. The van der Waals surface area contributed by atoms with Gasteiger partial charge in [-0.15, -0.1) is 0 Å². The highest BCUT2D eigenvalue weighted by atomic mass is 16.1. The van der Waals surface area contributed by atoms with Crippen molar-refractivity contribution in [2.45, 2.75) is 51.0 Å². The van der Waals surface area contributed by atoms with Gasteiger partial charge < -0.3 is 15.2 Å². The Morgan fingerprint density at radius 2 is 1.69 bits per heavy atom. The fraction of sp³-hybridized carbons (Fsp3) is 0.353. The van der Waals surface area contributed by atoms with Crippen LogP contribution >= 0.6 is 0 Å². The molecule has 0 unspecified atom stereocenters. The van der Waals surface area contributed by atoms with E-state index in [1.54, 1.807) is 6.33 Å². The summed E-state index contributed by atoms with van der Waals surface area (Å²) in [6.45, 7) is 2.24. The van der Waals surface area contributed by atoms with Crippen LogP contribution in [-0.4, -0.2) is 37.2 Å². The standard InChI is InChI=1S/C34H37N7O/c1-40-22-36-21-31(40)29-9-5-4-8-28(29)30-19-25-20-37-34(39-32(25)41(33(30)42)27-6-2-3-7-27)38-26-12-10-23(11-13-26)18-24-14-16-35-17-15-24/h4-5,8-13,19-22,24,27,35H,2-3,6-7,14-18H2,1H3,(H,37,38,39). The van der Waals surface area contributed by atoms with E-state index in [1.165, 1.54) is 18.4 Å². The lowest BCUT2D eigenvalue weighted by atomic mass is 9.91. The minimum Gasteiger partial charge on any atom is -0.334 e. The van der Waals surface area contributed by atoms with E-state index in [0.717, 1.165) is 79.0 Å². The molecule has 1 aliphatic heterocycles. The maximum Gasteiger partial charge on any atom is 0.260 e. The highest BCUT2D eigenvalue weighted by Gasteiger charge is 2.24. The van der Waals surface area contributed by atoms with Crippen molar-refractivity contribution in [3.05, 3.63) is 89.2 Å². The van der Waals surface area contributed by atoms with Gasteiger partial charge in [0.1, 0.15) is 5.65 Å². The van der Waals surface area contributed by atoms with Crippen molar-refractivity contribution in [1.82, 2.24) is 29.4 Å². The normalized spacial score (nSPS) is 16.3. The molecule has 0 bridgehead atoms. The summed E-state index contributed by atoms with van der Waals surface area (Å²) in [5, 5.41) is 7.70. The first-order chi connectivity index (χ1) is 20.6. The van der Waals surface area contributed by atoms with Gasteiger partial charge in [-0.2, -0.15) is 4.98 Å². The number of rotatable bonds is 7. The number of nitrogens with zero attached hydrogens (tertiary/aromatic N) is 5. The van der Waals surface area contributed by atoms with Gasteiger partial charge in [0, 0.05) is 41.5 Å². The number of nitrogens with one attached hydrogen (secondary N) is 2. The zero-order valence-corrected chi connectivity index (χ0v) is 24.1. The molecule has 3 aromatic heterocycles. The molecule has 5 aromatic rings. The Morgan fingerprint density at radius 1 is 0.929 bits per heavy atom. The van der Waals surface area contributed by atoms with Gasteiger partial charge in [0.05, 0.1) is 18.2 Å². The molecule has 0 radical (unpaired) electrons. The minimum atomic E-state index is -0.00376. The van der Waals surface area contributed by atoms with Crippen molar-refractivity contribution < 1.29 is 0 Å². The van der Waals surface area contributed by atoms with Crippen molar-refractivity contribution in [1.29, 1.82) is 0 Å². The summed E-state index contributed by atoms with van der Waals surface area (Å²) >= 11 is 0. The number of piperidine rings is 1. The molecule has 7 rings (SSSR count). The third-order valence-corrected chi connectivity index (χ3v) is 8.97. The second-order valence-electron chi connectivity index (χ2n) is 11.8. The molecule has 1 aliphatic carbocycles. The number of aryl methyl sites for hydroxylation is 1. The van der Waals surface area contributed by atoms with E-state index in [0.29, 0.717) is 17.2 Å². The monoisotopic (exact) mass is 559 g/mol. The number of pyridine rings is 1. The maximum absolute atomic E-state index is 14.3. The lowest BCUT2D eigenvalue weighted by molar-refractivity contribution is 0.372. The molecule has 4 heterocycles. The molecule has 8 heteroatoms. The highest BCUT2D eigenvalue weighted by molar-refractivity contribution is 5.87. The van der Waals surface area contributed by atoms with Gasteiger partial charge in [-0.05, 0) is 80.4 Å². The Bertz CT molecular complexity index is 1760. The Hall–Kier alpha value is -4.30. The second-order valence-corrected chi connectivity index (χ2v) is 11.8. The van der Waals surface area contributed by atoms with Gasteiger partial charge >= 0.3 is 0 Å². The van der Waals surface area contributed by atoms with E-state index in [-0.39, 0.29) is 11.6 Å². The first kappa shape index (κ1) is 26.6. The number of hydrogen-bond donors (Lipinski definition) is 2. The number of imidazole rings is 1. The number of hydrogen-bond acceptors (Lipinski definition) is 6. The van der Waals surface area contributed by atoms with Crippen LogP contribution in [-0.2, 0) is 13.5 Å². The van der Waals surface area contributed by atoms with Gasteiger partial charge in [-0.25, -0.2) is 9.97 Å². The average Bonchev–Trinajstić information content (AvgIpc) is 3.71. The summed E-state index contributed by atoms with van der Waals surface area (Å²) in [6.07, 6.45) is 13.3. The number of anilines is 2. The van der Waals surface area contributed by atoms with Crippen LogP contribution in [0.25, 0.3) is 33.4 Å². The number of fused-ring (bicyclic) bond motifs is 1. The largest absolute Gasteiger partial charge is 0.334 e. The molecule has 214 valence electrons. The van der Waals surface area contributed by atoms with Crippen LogP contribution in [0.5, 0.6) is 0 Å². The van der Waals surface area contributed by atoms with Crippen LogP contribution < -0.4 is 16.2 Å². The van der Waals surface area contributed by atoms with E-state index in [4.69, 9.17) is 4.98 Å². The molecule has 1 saturated carbocycles. The summed E-state index contributed by atoms with van der Waals surface area (Å²) in [6, 6.07) is 18.8. The van der Waals surface area contributed by atoms with E-state index >= 15 is 0 Å². The SMILES string of the molecule is Cn1cncc1-c1ccccc1-c1cc2cnc(Nc3ccc(CC4CCNCC4)cc3)nc2n(C2CCCC2)c1=O. The quantitative estimate of drug-likeness (QED) is 0.245. The van der Waals surface area contributed by atoms with Gasteiger partial charge in [-0.3, -0.25) is 9.36 Å². The average molecular weight is 560 g/mol. The molecule has 2 aliphatic rings. The highest BCUT2D eigenvalue weighted by Crippen LogP contribution is 2.35. The topological polar surface area (TPSA) is 89.7 Å². The molecular weight excluding hydrogens is 522 g/mol. The van der Waals surface area contributed by atoms with Gasteiger partial charge in [0.15, 0.2) is 0 Å². The molecule has 2 N–H and O–H groups in total.